The van der Waals surface area contributed by atoms with Crippen LogP contribution in [0.3, 0.4) is 0 Å². The van der Waals surface area contributed by atoms with Crippen LogP contribution in [0.25, 0.3) is 5.69 Å². The van der Waals surface area contributed by atoms with Gasteiger partial charge in [0.25, 0.3) is 5.91 Å². The summed E-state index contributed by atoms with van der Waals surface area (Å²) in [5.74, 6) is 0.970. The molecule has 0 unspecified atom stereocenters. The van der Waals surface area contributed by atoms with E-state index in [1.807, 2.05) is 35.0 Å². The minimum Gasteiger partial charge on any atom is -0.340 e. The van der Waals surface area contributed by atoms with Crippen molar-refractivity contribution < 1.29 is 9.32 Å². The first-order chi connectivity index (χ1) is 14.2. The molecule has 2 aliphatic rings. The molecule has 2 aromatic heterocycles. The highest BCUT2D eigenvalue weighted by Crippen LogP contribution is 2.36. The number of para-hydroxylation sites is 1. The van der Waals surface area contributed by atoms with Gasteiger partial charge in [-0.3, -0.25) is 4.79 Å². The van der Waals surface area contributed by atoms with Gasteiger partial charge in [-0.25, -0.2) is 4.68 Å². The minimum atomic E-state index is -0.574. The van der Waals surface area contributed by atoms with E-state index < -0.39 is 5.54 Å². The lowest BCUT2D eigenvalue weighted by Gasteiger charge is -2.35. The molecule has 1 fully saturated rings. The van der Waals surface area contributed by atoms with E-state index in [4.69, 9.17) is 9.62 Å². The number of aromatic nitrogens is 4. The van der Waals surface area contributed by atoms with Gasteiger partial charge in [0.2, 0.25) is 5.89 Å². The lowest BCUT2D eigenvalue weighted by Crippen LogP contribution is -2.48. The van der Waals surface area contributed by atoms with Crippen LogP contribution in [0, 0.1) is 6.92 Å². The number of nitrogens with zero attached hydrogens (tertiary/aromatic N) is 4. The molecule has 29 heavy (non-hydrogen) atoms. The molecule has 7 nitrogen and oxygen atoms in total. The van der Waals surface area contributed by atoms with Crippen molar-refractivity contribution in [1.82, 2.24) is 25.2 Å². The van der Waals surface area contributed by atoms with Crippen molar-refractivity contribution in [2.75, 3.05) is 0 Å². The zero-order valence-corrected chi connectivity index (χ0v) is 16.6. The predicted molar refractivity (Wildman–Crippen MR) is 107 cm³/mol. The Hall–Kier alpha value is -2.96. The van der Waals surface area contributed by atoms with Gasteiger partial charge in [-0.2, -0.15) is 10.1 Å². The van der Waals surface area contributed by atoms with Crippen LogP contribution in [-0.2, 0) is 18.4 Å². The van der Waals surface area contributed by atoms with E-state index in [0.29, 0.717) is 17.4 Å². The fourth-order valence-corrected chi connectivity index (χ4v) is 4.73. The molecule has 2 heterocycles. The van der Waals surface area contributed by atoms with Crippen LogP contribution in [0.5, 0.6) is 0 Å². The Kier molecular flexibility index (Phi) is 4.45. The summed E-state index contributed by atoms with van der Waals surface area (Å²) in [6, 6.07) is 10.0. The van der Waals surface area contributed by atoms with Crippen molar-refractivity contribution in [3.63, 3.8) is 0 Å². The molecule has 7 heteroatoms. The van der Waals surface area contributed by atoms with Gasteiger partial charge in [0.15, 0.2) is 11.5 Å². The number of aryl methyl sites for hydroxylation is 1. The smallest absolute Gasteiger partial charge is 0.272 e. The third-order valence-corrected chi connectivity index (χ3v) is 6.16. The Balaban J connectivity index is 1.50. The van der Waals surface area contributed by atoms with Crippen LogP contribution in [0.4, 0.5) is 0 Å². The van der Waals surface area contributed by atoms with Crippen molar-refractivity contribution >= 4 is 5.91 Å². The maximum Gasteiger partial charge on any atom is 0.272 e. The Labute approximate surface area is 169 Å². The first kappa shape index (κ1) is 18.1. The molecule has 0 radical (unpaired) electrons. The summed E-state index contributed by atoms with van der Waals surface area (Å²) in [5, 5.41) is 12.2. The fraction of sp³-hybridized carbons (Fsp3) is 0.455. The SMILES string of the molecule is Cc1nc(C2(NC(=O)c3nn(-c4ccccc4)c4c3CCC4)CCCCC2)no1. The van der Waals surface area contributed by atoms with Crippen molar-refractivity contribution in [2.24, 2.45) is 0 Å². The highest BCUT2D eigenvalue weighted by Gasteiger charge is 2.41. The number of hydrogen-bond acceptors (Lipinski definition) is 5. The van der Waals surface area contributed by atoms with Crippen LogP contribution >= 0.6 is 0 Å². The predicted octanol–water partition coefficient (Wildman–Crippen LogP) is 3.64. The van der Waals surface area contributed by atoms with Gasteiger partial charge >= 0.3 is 0 Å². The van der Waals surface area contributed by atoms with Crippen LogP contribution < -0.4 is 5.32 Å². The normalized spacial score (nSPS) is 17.8. The van der Waals surface area contributed by atoms with Gasteiger partial charge in [0.05, 0.1) is 5.69 Å². The molecule has 0 bridgehead atoms. The van der Waals surface area contributed by atoms with Gasteiger partial charge in [0, 0.05) is 18.2 Å². The Morgan fingerprint density at radius 2 is 1.90 bits per heavy atom. The van der Waals surface area contributed by atoms with Gasteiger partial charge in [-0.1, -0.05) is 42.6 Å². The number of rotatable bonds is 4. The average Bonchev–Trinajstić information content (AvgIpc) is 3.46. The molecule has 3 aromatic rings. The summed E-state index contributed by atoms with van der Waals surface area (Å²) in [4.78, 5) is 17.9. The van der Waals surface area contributed by atoms with Gasteiger partial charge < -0.3 is 9.84 Å². The highest BCUT2D eigenvalue weighted by atomic mass is 16.5. The molecule has 0 atom stereocenters. The maximum absolute atomic E-state index is 13.4. The summed E-state index contributed by atoms with van der Waals surface area (Å²) in [6.07, 6.45) is 7.74. The van der Waals surface area contributed by atoms with Crippen molar-refractivity contribution in [3.05, 3.63) is 59.0 Å². The first-order valence-corrected chi connectivity index (χ1v) is 10.5. The van der Waals surface area contributed by atoms with Crippen molar-refractivity contribution in [1.29, 1.82) is 0 Å². The maximum atomic E-state index is 13.4. The van der Waals surface area contributed by atoms with E-state index >= 15 is 0 Å². The first-order valence-electron chi connectivity index (χ1n) is 10.5. The Morgan fingerprint density at radius 3 is 2.62 bits per heavy atom. The molecule has 0 spiro atoms. The van der Waals surface area contributed by atoms with E-state index in [1.54, 1.807) is 6.92 Å². The number of fused-ring (bicyclic) bond motifs is 1. The van der Waals surface area contributed by atoms with E-state index in [-0.39, 0.29) is 5.91 Å². The number of hydrogen-bond donors (Lipinski definition) is 1. The molecule has 5 rings (SSSR count). The molecule has 2 aliphatic carbocycles. The standard InChI is InChI=1S/C22H25N5O2/c1-15-23-21(26-29-15)22(13-6-3-7-14-22)24-20(28)19-17-11-8-12-18(17)27(25-19)16-9-4-2-5-10-16/h2,4-5,9-10H,3,6-8,11-14H2,1H3,(H,24,28). The van der Waals surface area contributed by atoms with Crippen LogP contribution in [0.1, 0.15) is 72.0 Å². The molecule has 1 N–H and O–H groups in total. The van der Waals surface area contributed by atoms with Crippen LogP contribution in [0.2, 0.25) is 0 Å². The van der Waals surface area contributed by atoms with Gasteiger partial charge in [0.1, 0.15) is 5.54 Å². The van der Waals surface area contributed by atoms with Crippen LogP contribution in [0.15, 0.2) is 34.9 Å². The molecular formula is C22H25N5O2. The zero-order valence-electron chi connectivity index (χ0n) is 16.6. The second-order valence-electron chi connectivity index (χ2n) is 8.11. The van der Waals surface area contributed by atoms with Crippen LogP contribution in [-0.4, -0.2) is 25.8 Å². The summed E-state index contributed by atoms with van der Waals surface area (Å²) < 4.78 is 7.17. The third-order valence-electron chi connectivity index (χ3n) is 6.16. The zero-order chi connectivity index (χ0) is 19.8. The van der Waals surface area contributed by atoms with E-state index in [9.17, 15) is 4.79 Å². The molecule has 0 aliphatic heterocycles. The number of nitrogens with one attached hydrogen (secondary N) is 1. The summed E-state index contributed by atoms with van der Waals surface area (Å²) in [6.45, 7) is 1.78. The molecule has 150 valence electrons. The topological polar surface area (TPSA) is 85.8 Å². The molecule has 0 saturated heterocycles. The summed E-state index contributed by atoms with van der Waals surface area (Å²) in [7, 11) is 0. The highest BCUT2D eigenvalue weighted by molar-refractivity contribution is 5.94. The second-order valence-corrected chi connectivity index (χ2v) is 8.11. The number of benzene rings is 1. The fourth-order valence-electron chi connectivity index (χ4n) is 4.73. The minimum absolute atomic E-state index is 0.137. The van der Waals surface area contributed by atoms with Gasteiger partial charge in [-0.15, -0.1) is 0 Å². The molecular weight excluding hydrogens is 366 g/mol. The average molecular weight is 391 g/mol. The quantitative estimate of drug-likeness (QED) is 0.734. The van der Waals surface area contributed by atoms with Gasteiger partial charge in [-0.05, 0) is 44.2 Å². The number of carbonyl (C=O) groups excluding carboxylic acids is 1. The summed E-state index contributed by atoms with van der Waals surface area (Å²) >= 11 is 0. The Bertz CT molecular complexity index is 1030. The Morgan fingerprint density at radius 1 is 1.10 bits per heavy atom. The number of amides is 1. The number of carbonyl (C=O) groups is 1. The monoisotopic (exact) mass is 391 g/mol. The van der Waals surface area contributed by atoms with E-state index in [2.05, 4.69) is 15.5 Å². The third kappa shape index (κ3) is 3.14. The second kappa shape index (κ2) is 7.13. The molecule has 1 saturated carbocycles. The molecule has 1 aromatic carbocycles. The van der Waals surface area contributed by atoms with E-state index in [0.717, 1.165) is 68.3 Å². The summed E-state index contributed by atoms with van der Waals surface area (Å²) in [5.41, 5.74) is 3.17. The van der Waals surface area contributed by atoms with Crippen molar-refractivity contribution in [3.8, 4) is 5.69 Å². The lowest BCUT2D eigenvalue weighted by atomic mass is 9.80. The largest absolute Gasteiger partial charge is 0.340 e. The lowest BCUT2D eigenvalue weighted by molar-refractivity contribution is 0.0848. The van der Waals surface area contributed by atoms with E-state index in [1.165, 1.54) is 0 Å². The molecule has 1 amide bonds. The van der Waals surface area contributed by atoms with Crippen molar-refractivity contribution in [2.45, 2.75) is 63.8 Å².